The lowest BCUT2D eigenvalue weighted by molar-refractivity contribution is -0.379. The van der Waals surface area contributed by atoms with E-state index >= 15 is 0 Å². The Morgan fingerprint density at radius 3 is 1.17 bits per heavy atom. The number of carbonyl (C=O) groups is 1. The third-order valence-corrected chi connectivity index (χ3v) is 17.8. The molecule has 17 atom stereocenters. The smallest absolute Gasteiger partial charge is 0.220 e. The summed E-state index contributed by atoms with van der Waals surface area (Å²) in [5.74, 6) is -0.249. The molecule has 19 nitrogen and oxygen atoms in total. The Labute approximate surface area is 553 Å². The summed E-state index contributed by atoms with van der Waals surface area (Å²) in [5, 5.41) is 121. The highest BCUT2D eigenvalue weighted by molar-refractivity contribution is 5.76. The number of aliphatic hydroxyl groups excluding tert-OH is 11. The molecule has 0 radical (unpaired) electrons. The van der Waals surface area contributed by atoms with Gasteiger partial charge in [-0.05, 0) is 64.2 Å². The molecule has 1 amide bonds. The van der Waals surface area contributed by atoms with Gasteiger partial charge < -0.3 is 89.9 Å². The highest BCUT2D eigenvalue weighted by Gasteiger charge is 2.53. The summed E-state index contributed by atoms with van der Waals surface area (Å²) in [7, 11) is 0. The van der Waals surface area contributed by atoms with Gasteiger partial charge >= 0.3 is 0 Å². The molecule has 534 valence electrons. The molecule has 17 unspecified atom stereocenters. The van der Waals surface area contributed by atoms with Gasteiger partial charge in [0.2, 0.25) is 5.91 Å². The van der Waals surface area contributed by atoms with Crippen LogP contribution in [0.3, 0.4) is 0 Å². The summed E-state index contributed by atoms with van der Waals surface area (Å²) in [5.41, 5.74) is 0. The van der Waals surface area contributed by atoms with Gasteiger partial charge in [0.1, 0.15) is 73.2 Å². The third kappa shape index (κ3) is 35.5. The number of unbranched alkanes of at least 4 members (excludes halogenated alkanes) is 27. The van der Waals surface area contributed by atoms with E-state index in [9.17, 15) is 61.0 Å². The van der Waals surface area contributed by atoms with Crippen LogP contribution in [-0.4, -0.2) is 193 Å². The van der Waals surface area contributed by atoms with Gasteiger partial charge in [-0.2, -0.15) is 0 Å². The fourth-order valence-corrected chi connectivity index (χ4v) is 12.0. The van der Waals surface area contributed by atoms with Crippen molar-refractivity contribution in [1.29, 1.82) is 0 Å². The minimum Gasteiger partial charge on any atom is -0.394 e. The molecule has 0 aliphatic carbocycles. The highest BCUT2D eigenvalue weighted by Crippen LogP contribution is 2.33. The number of nitrogens with one attached hydrogen (secondary N) is 1. The van der Waals surface area contributed by atoms with E-state index in [0.717, 1.165) is 96.3 Å². The maximum atomic E-state index is 13.4. The van der Waals surface area contributed by atoms with Crippen molar-refractivity contribution in [3.63, 3.8) is 0 Å². The largest absolute Gasteiger partial charge is 0.394 e. The Morgan fingerprint density at radius 1 is 0.402 bits per heavy atom. The molecule has 3 heterocycles. The molecule has 0 aromatic carbocycles. The van der Waals surface area contributed by atoms with Gasteiger partial charge in [-0.1, -0.05) is 254 Å². The fourth-order valence-electron chi connectivity index (χ4n) is 12.0. The van der Waals surface area contributed by atoms with Crippen LogP contribution in [0.2, 0.25) is 0 Å². The van der Waals surface area contributed by atoms with Crippen molar-refractivity contribution >= 4 is 5.91 Å². The van der Waals surface area contributed by atoms with Gasteiger partial charge in [-0.15, -0.1) is 0 Å². The fraction of sp³-hybridized carbons (Fsp3) is 0.822. The molecular formula is C73H129NO18. The molecule has 12 N–H and O–H groups in total. The van der Waals surface area contributed by atoms with Gasteiger partial charge in [0.25, 0.3) is 0 Å². The molecule has 0 spiro atoms. The lowest BCUT2D eigenvalue weighted by Gasteiger charge is -2.48. The minimum atomic E-state index is -1.98. The Bertz CT molecular complexity index is 1950. The maximum absolute atomic E-state index is 13.4. The van der Waals surface area contributed by atoms with Gasteiger partial charge in [0.15, 0.2) is 18.9 Å². The summed E-state index contributed by atoms with van der Waals surface area (Å²) in [6.45, 7) is 1.69. The summed E-state index contributed by atoms with van der Waals surface area (Å²) < 4.78 is 34.4. The second kappa shape index (κ2) is 54.3. The summed E-state index contributed by atoms with van der Waals surface area (Å²) in [6.07, 6.45) is 41.1. The van der Waals surface area contributed by atoms with Crippen LogP contribution in [-0.2, 0) is 33.2 Å². The Hall–Kier alpha value is -2.77. The second-order valence-electron chi connectivity index (χ2n) is 25.7. The molecular weight excluding hydrogens is 1180 g/mol. The quantitative estimate of drug-likeness (QED) is 0.0199. The van der Waals surface area contributed by atoms with E-state index in [4.69, 9.17) is 28.4 Å². The van der Waals surface area contributed by atoms with E-state index < -0.39 is 124 Å². The molecule has 19 heteroatoms. The van der Waals surface area contributed by atoms with Gasteiger partial charge in [0.05, 0.1) is 38.6 Å². The number of carbonyl (C=O) groups excluding carboxylic acids is 1. The number of rotatable bonds is 55. The van der Waals surface area contributed by atoms with Crippen molar-refractivity contribution in [3.05, 3.63) is 72.9 Å². The van der Waals surface area contributed by atoms with Crippen molar-refractivity contribution < 1.29 is 89.4 Å². The number of aliphatic hydroxyl groups is 11. The molecule has 0 aromatic heterocycles. The molecule has 3 saturated heterocycles. The van der Waals surface area contributed by atoms with E-state index in [2.05, 4.69) is 92.1 Å². The first-order chi connectivity index (χ1) is 44.8. The van der Waals surface area contributed by atoms with Crippen molar-refractivity contribution in [2.45, 2.75) is 356 Å². The lowest BCUT2D eigenvalue weighted by Crippen LogP contribution is -2.66. The van der Waals surface area contributed by atoms with Crippen LogP contribution < -0.4 is 5.32 Å². The monoisotopic (exact) mass is 1310 g/mol. The van der Waals surface area contributed by atoms with Crippen molar-refractivity contribution in [2.75, 3.05) is 26.4 Å². The van der Waals surface area contributed by atoms with Gasteiger partial charge in [0, 0.05) is 6.42 Å². The maximum Gasteiger partial charge on any atom is 0.220 e. The van der Waals surface area contributed by atoms with Gasteiger partial charge in [-0.3, -0.25) is 4.79 Å². The van der Waals surface area contributed by atoms with Crippen molar-refractivity contribution in [3.8, 4) is 0 Å². The zero-order chi connectivity index (χ0) is 66.8. The first kappa shape index (κ1) is 83.5. The van der Waals surface area contributed by atoms with Crippen LogP contribution in [0.25, 0.3) is 0 Å². The van der Waals surface area contributed by atoms with Crippen LogP contribution in [0, 0.1) is 0 Å². The van der Waals surface area contributed by atoms with Crippen LogP contribution in [0.15, 0.2) is 72.9 Å². The van der Waals surface area contributed by atoms with Gasteiger partial charge in [-0.25, -0.2) is 0 Å². The normalized spacial score (nSPS) is 28.1. The predicted octanol–water partition coefficient (Wildman–Crippen LogP) is 10.1. The SMILES string of the molecule is CC/C=C\C/C=C\C/C=C\C/C=C\C/C=C\C/C=C\CCCCCCCCCCCCC(=O)NC(COC1OC(CO)C(OC2OC(CO)C(OC3OC(CO)C(O)C(O)C3O)C(O)C2O)C(O)C1O)C(O)CCCCCCCCCCCCCCCCCCCC. The van der Waals surface area contributed by atoms with E-state index in [1.807, 2.05) is 0 Å². The van der Waals surface area contributed by atoms with Crippen LogP contribution in [0.4, 0.5) is 0 Å². The van der Waals surface area contributed by atoms with E-state index in [0.29, 0.717) is 12.8 Å². The molecule has 3 aliphatic rings. The third-order valence-electron chi connectivity index (χ3n) is 17.8. The first-order valence-corrected chi connectivity index (χ1v) is 36.2. The molecule has 0 saturated carbocycles. The van der Waals surface area contributed by atoms with Crippen molar-refractivity contribution in [2.24, 2.45) is 0 Å². The van der Waals surface area contributed by atoms with Crippen LogP contribution >= 0.6 is 0 Å². The average Bonchev–Trinajstić information content (AvgIpc) is 0.834. The van der Waals surface area contributed by atoms with Crippen LogP contribution in [0.5, 0.6) is 0 Å². The summed E-state index contributed by atoms with van der Waals surface area (Å²) in [4.78, 5) is 13.4. The molecule has 3 fully saturated rings. The first-order valence-electron chi connectivity index (χ1n) is 36.2. The predicted molar refractivity (Wildman–Crippen MR) is 360 cm³/mol. The number of hydrogen-bond acceptors (Lipinski definition) is 18. The van der Waals surface area contributed by atoms with E-state index in [1.54, 1.807) is 0 Å². The molecule has 0 bridgehead atoms. The zero-order valence-electron chi connectivity index (χ0n) is 56.5. The topological polar surface area (TPSA) is 307 Å². The number of ether oxygens (including phenoxy) is 6. The number of hydrogen-bond donors (Lipinski definition) is 12. The summed E-state index contributed by atoms with van der Waals surface area (Å²) in [6, 6.07) is -0.894. The molecule has 92 heavy (non-hydrogen) atoms. The Morgan fingerprint density at radius 2 is 0.750 bits per heavy atom. The number of amides is 1. The zero-order valence-corrected chi connectivity index (χ0v) is 56.5. The summed E-state index contributed by atoms with van der Waals surface area (Å²) >= 11 is 0. The lowest BCUT2D eigenvalue weighted by atomic mass is 9.96. The standard InChI is InChI=1S/C73H129NO18/c1-3-5-7-9-11-13-15-17-19-21-23-24-25-26-27-28-29-30-31-32-33-35-37-39-41-43-45-47-49-51-61(79)74-56(57(78)50-48-46-44-42-40-38-36-34-22-20-18-16-14-12-10-8-6-4-2)55-87-71-67(85)64(82)69(59(53-76)89-71)92-73-68(86)65(83)70(60(54-77)90-73)91-72-66(84)63(81)62(80)58(52-75)88-72/h5,7,11,13,17,19,23-24,26-27,29-30,56-60,62-73,75-78,80-86H,3-4,6,8-10,12,14-16,18,20-22,25,28,31-55H2,1-2H3,(H,74,79)/b7-5-,13-11-,19-17-,24-23-,27-26-,30-29-. The second-order valence-corrected chi connectivity index (χ2v) is 25.7. The average molecular weight is 1310 g/mol. The molecule has 3 rings (SSSR count). The Kier molecular flexibility index (Phi) is 49.2. The van der Waals surface area contributed by atoms with Crippen molar-refractivity contribution in [1.82, 2.24) is 5.32 Å². The minimum absolute atomic E-state index is 0.249. The van der Waals surface area contributed by atoms with E-state index in [1.165, 1.54) is 122 Å². The van der Waals surface area contributed by atoms with E-state index in [-0.39, 0.29) is 18.9 Å². The van der Waals surface area contributed by atoms with Crippen LogP contribution in [0.1, 0.15) is 251 Å². The Balaban J connectivity index is 1.40. The number of allylic oxidation sites excluding steroid dienone is 12. The highest BCUT2D eigenvalue weighted by atomic mass is 16.8. The molecule has 0 aromatic rings. The molecule has 3 aliphatic heterocycles.